The first-order valence-electron chi connectivity index (χ1n) is 8.89. The summed E-state index contributed by atoms with van der Waals surface area (Å²) in [5.74, 6) is 0.183. The van der Waals surface area contributed by atoms with Crippen LogP contribution in [0.3, 0.4) is 0 Å². The zero-order valence-electron chi connectivity index (χ0n) is 15.8. The number of hydrogen-bond donors (Lipinski definition) is 2. The van der Waals surface area contributed by atoms with Crippen molar-refractivity contribution in [3.63, 3.8) is 0 Å². The number of nitrogens with one attached hydrogen (secondary N) is 2. The Morgan fingerprint density at radius 2 is 1.63 bits per heavy atom. The summed E-state index contributed by atoms with van der Waals surface area (Å²) in [6.07, 6.45) is 0. The first-order chi connectivity index (χ1) is 12.9. The summed E-state index contributed by atoms with van der Waals surface area (Å²) in [6.45, 7) is 6.43. The third-order valence-electron chi connectivity index (χ3n) is 4.33. The maximum atomic E-state index is 12.8. The predicted octanol–water partition coefficient (Wildman–Crippen LogP) is 1.87. The molecule has 1 saturated heterocycles. The number of rotatable bonds is 4. The summed E-state index contributed by atoms with van der Waals surface area (Å²) in [4.78, 5) is 36.6. The van der Waals surface area contributed by atoms with Gasteiger partial charge >= 0.3 is 0 Å². The maximum absolute atomic E-state index is 12.8. The number of amides is 2. The van der Waals surface area contributed by atoms with Crippen LogP contribution in [0.5, 0.6) is 0 Å². The van der Waals surface area contributed by atoms with Gasteiger partial charge in [0.15, 0.2) is 0 Å². The lowest BCUT2D eigenvalue weighted by Crippen LogP contribution is -2.47. The molecule has 0 spiro atoms. The van der Waals surface area contributed by atoms with Crippen molar-refractivity contribution in [1.82, 2.24) is 19.8 Å². The summed E-state index contributed by atoms with van der Waals surface area (Å²) in [5.41, 5.74) is 2.60. The van der Waals surface area contributed by atoms with E-state index in [1.807, 2.05) is 24.0 Å². The fourth-order valence-corrected chi connectivity index (χ4v) is 2.87. The Hall–Kier alpha value is -3.00. The number of benzene rings is 1. The molecular formula is C19H24N6O2. The first-order valence-corrected chi connectivity index (χ1v) is 8.89. The van der Waals surface area contributed by atoms with Gasteiger partial charge in [-0.1, -0.05) is 0 Å². The predicted molar refractivity (Wildman–Crippen MR) is 104 cm³/mol. The van der Waals surface area contributed by atoms with Crippen molar-refractivity contribution in [3.8, 4) is 0 Å². The largest absolute Gasteiger partial charge is 0.335 e. The molecule has 0 bridgehead atoms. The quantitative estimate of drug-likeness (QED) is 0.856. The van der Waals surface area contributed by atoms with Gasteiger partial charge in [-0.05, 0) is 44.3 Å². The van der Waals surface area contributed by atoms with Crippen molar-refractivity contribution < 1.29 is 9.59 Å². The van der Waals surface area contributed by atoms with Crippen LogP contribution in [-0.4, -0.2) is 64.8 Å². The highest BCUT2D eigenvalue weighted by atomic mass is 16.2. The highest BCUT2D eigenvalue weighted by molar-refractivity contribution is 5.93. The van der Waals surface area contributed by atoms with Crippen molar-refractivity contribution >= 4 is 29.1 Å². The minimum Gasteiger partial charge on any atom is -0.335 e. The molecule has 0 aliphatic carbocycles. The van der Waals surface area contributed by atoms with E-state index < -0.39 is 0 Å². The Bertz CT molecular complexity index is 829. The van der Waals surface area contributed by atoms with Crippen molar-refractivity contribution in [3.05, 3.63) is 41.7 Å². The fraction of sp³-hybridized carbons (Fsp3) is 0.368. The normalized spacial score (nSPS) is 14.7. The van der Waals surface area contributed by atoms with E-state index in [9.17, 15) is 9.59 Å². The molecule has 1 aliphatic rings. The second-order valence-electron chi connectivity index (χ2n) is 6.70. The van der Waals surface area contributed by atoms with E-state index in [-0.39, 0.29) is 11.8 Å². The van der Waals surface area contributed by atoms with E-state index in [0.717, 1.165) is 24.5 Å². The number of anilines is 3. The first kappa shape index (κ1) is 18.8. The summed E-state index contributed by atoms with van der Waals surface area (Å²) in [7, 11) is 2.05. The lowest BCUT2D eigenvalue weighted by atomic mass is 10.2. The highest BCUT2D eigenvalue weighted by Gasteiger charge is 2.22. The zero-order valence-corrected chi connectivity index (χ0v) is 15.8. The molecule has 0 radical (unpaired) electrons. The van der Waals surface area contributed by atoms with Gasteiger partial charge < -0.3 is 20.4 Å². The van der Waals surface area contributed by atoms with E-state index >= 15 is 0 Å². The minimum absolute atomic E-state index is 0.0716. The highest BCUT2D eigenvalue weighted by Crippen LogP contribution is 2.18. The molecule has 1 aromatic carbocycles. The van der Waals surface area contributed by atoms with E-state index in [4.69, 9.17) is 0 Å². The number of carbonyl (C=O) groups is 2. The third-order valence-corrected chi connectivity index (χ3v) is 4.33. The van der Waals surface area contributed by atoms with Gasteiger partial charge in [-0.15, -0.1) is 0 Å². The molecule has 27 heavy (non-hydrogen) atoms. The molecule has 2 N–H and O–H groups in total. The Morgan fingerprint density at radius 3 is 2.26 bits per heavy atom. The van der Waals surface area contributed by atoms with Gasteiger partial charge in [0.2, 0.25) is 11.9 Å². The molecule has 3 rings (SSSR count). The van der Waals surface area contributed by atoms with Gasteiger partial charge in [0.25, 0.3) is 5.91 Å². The number of nitrogens with zero attached hydrogens (tertiary/aromatic N) is 4. The monoisotopic (exact) mass is 368 g/mol. The number of aromatic nitrogens is 2. The molecule has 142 valence electrons. The van der Waals surface area contributed by atoms with Gasteiger partial charge in [-0.2, -0.15) is 0 Å². The molecule has 2 amide bonds. The van der Waals surface area contributed by atoms with Gasteiger partial charge in [-0.3, -0.25) is 9.59 Å². The molecule has 1 aromatic heterocycles. The second-order valence-corrected chi connectivity index (χ2v) is 6.70. The SMILES string of the molecule is CC(=O)Nc1ccc(Nc2nc(C)cc(C(=O)N3CCN(C)CC3)n2)cc1. The number of carbonyl (C=O) groups excluding carboxylic acids is 2. The minimum atomic E-state index is -0.121. The van der Waals surface area contributed by atoms with Gasteiger partial charge in [0, 0.05) is 50.2 Å². The molecule has 1 aliphatic heterocycles. The maximum Gasteiger partial charge on any atom is 0.272 e. The van der Waals surface area contributed by atoms with E-state index in [1.54, 1.807) is 18.2 Å². The van der Waals surface area contributed by atoms with Crippen LogP contribution in [0.4, 0.5) is 17.3 Å². The van der Waals surface area contributed by atoms with Crippen molar-refractivity contribution in [1.29, 1.82) is 0 Å². The second kappa shape index (κ2) is 8.13. The lowest BCUT2D eigenvalue weighted by Gasteiger charge is -2.32. The average molecular weight is 368 g/mol. The van der Waals surface area contributed by atoms with Crippen LogP contribution in [0, 0.1) is 6.92 Å². The lowest BCUT2D eigenvalue weighted by molar-refractivity contribution is -0.114. The molecular weight excluding hydrogens is 344 g/mol. The molecule has 8 heteroatoms. The Labute approximate surface area is 158 Å². The third kappa shape index (κ3) is 5.01. The van der Waals surface area contributed by atoms with E-state index in [0.29, 0.717) is 30.4 Å². The van der Waals surface area contributed by atoms with Crippen molar-refractivity contribution in [2.45, 2.75) is 13.8 Å². The molecule has 2 aromatic rings. The molecule has 0 unspecified atom stereocenters. The topological polar surface area (TPSA) is 90.5 Å². The van der Waals surface area contributed by atoms with Crippen LogP contribution in [0.25, 0.3) is 0 Å². The molecule has 0 saturated carbocycles. The standard InChI is InChI=1S/C19H24N6O2/c1-13-12-17(18(27)25-10-8-24(3)9-11-25)23-19(20-13)22-16-6-4-15(5-7-16)21-14(2)26/h4-7,12H,8-11H2,1-3H3,(H,21,26)(H,20,22,23). The molecule has 1 fully saturated rings. The van der Waals surface area contributed by atoms with E-state index in [1.165, 1.54) is 6.92 Å². The van der Waals surface area contributed by atoms with Crippen molar-refractivity contribution in [2.75, 3.05) is 43.9 Å². The van der Waals surface area contributed by atoms with Crippen LogP contribution in [-0.2, 0) is 4.79 Å². The van der Waals surface area contributed by atoms with Gasteiger partial charge in [0.1, 0.15) is 5.69 Å². The number of likely N-dealkylation sites (N-methyl/N-ethyl adjacent to an activating group) is 1. The summed E-state index contributed by atoms with van der Waals surface area (Å²) < 4.78 is 0. The number of piperazine rings is 1. The van der Waals surface area contributed by atoms with E-state index in [2.05, 4.69) is 32.5 Å². The molecule has 2 heterocycles. The number of aryl methyl sites for hydroxylation is 1. The molecule has 0 atom stereocenters. The van der Waals surface area contributed by atoms with Crippen LogP contribution in [0.1, 0.15) is 23.1 Å². The molecule has 8 nitrogen and oxygen atoms in total. The average Bonchev–Trinajstić information content (AvgIpc) is 2.62. The fourth-order valence-electron chi connectivity index (χ4n) is 2.87. The summed E-state index contributed by atoms with van der Waals surface area (Å²) >= 11 is 0. The Balaban J connectivity index is 1.73. The van der Waals surface area contributed by atoms with Gasteiger partial charge in [0.05, 0.1) is 0 Å². The van der Waals surface area contributed by atoms with Gasteiger partial charge in [-0.25, -0.2) is 9.97 Å². The van der Waals surface area contributed by atoms with Crippen LogP contribution in [0.15, 0.2) is 30.3 Å². The summed E-state index contributed by atoms with van der Waals surface area (Å²) in [6, 6.07) is 8.93. The Kier molecular flexibility index (Phi) is 5.66. The van der Waals surface area contributed by atoms with Crippen LogP contribution in [0.2, 0.25) is 0 Å². The van der Waals surface area contributed by atoms with Crippen LogP contribution < -0.4 is 10.6 Å². The summed E-state index contributed by atoms with van der Waals surface area (Å²) in [5, 5.41) is 5.83. The van der Waals surface area contributed by atoms with Crippen molar-refractivity contribution in [2.24, 2.45) is 0 Å². The Morgan fingerprint density at radius 1 is 1.00 bits per heavy atom. The zero-order chi connectivity index (χ0) is 19.4. The number of hydrogen-bond acceptors (Lipinski definition) is 6. The smallest absolute Gasteiger partial charge is 0.272 e. The van der Waals surface area contributed by atoms with Crippen LogP contribution >= 0.6 is 0 Å².